The predicted octanol–water partition coefficient (Wildman–Crippen LogP) is 5.06. The van der Waals surface area contributed by atoms with Crippen molar-refractivity contribution in [1.82, 2.24) is 15.1 Å². The molecule has 230 valence electrons. The molecule has 10 nitrogen and oxygen atoms in total. The lowest BCUT2D eigenvalue weighted by Gasteiger charge is -2.30. The lowest BCUT2D eigenvalue weighted by Crippen LogP contribution is -2.50. The SMILES string of the molecule is CC1(C)CCc2c(C(F)(F)F)nn(-c3ccc(C(N)=O)c(NC4CCCC4[C@H](NC(=O)OC(C)(C)C)C(=O)O)c3)c2C1. The fourth-order valence-electron chi connectivity index (χ4n) is 5.93. The summed E-state index contributed by atoms with van der Waals surface area (Å²) in [5, 5.41) is 19.6. The van der Waals surface area contributed by atoms with Gasteiger partial charge in [0.2, 0.25) is 0 Å². The number of benzene rings is 1. The number of carboxylic acids is 1. The number of rotatable bonds is 7. The van der Waals surface area contributed by atoms with Crippen molar-refractivity contribution >= 4 is 23.7 Å². The Balaban J connectivity index is 1.70. The van der Waals surface area contributed by atoms with E-state index in [0.717, 1.165) is 0 Å². The van der Waals surface area contributed by atoms with E-state index in [9.17, 15) is 32.7 Å². The summed E-state index contributed by atoms with van der Waals surface area (Å²) in [6.07, 6.45) is -2.65. The lowest BCUT2D eigenvalue weighted by molar-refractivity contribution is -0.142. The molecule has 2 aromatic rings. The summed E-state index contributed by atoms with van der Waals surface area (Å²) in [4.78, 5) is 36.9. The molecular formula is C29H38F3N5O5. The van der Waals surface area contributed by atoms with Gasteiger partial charge in [-0.3, -0.25) is 4.79 Å². The number of primary amides is 1. The Labute approximate surface area is 242 Å². The maximum atomic E-state index is 13.9. The fraction of sp³-hybridized carbons (Fsp3) is 0.586. The van der Waals surface area contributed by atoms with E-state index in [1.165, 1.54) is 22.9 Å². The number of hydrogen-bond donors (Lipinski definition) is 4. The lowest BCUT2D eigenvalue weighted by atomic mass is 9.76. The van der Waals surface area contributed by atoms with Crippen molar-refractivity contribution in [3.8, 4) is 5.69 Å². The number of aromatic nitrogens is 2. The monoisotopic (exact) mass is 593 g/mol. The standard InChI is InChI=1S/C29H38F3N5O5/c1-27(2,3)42-26(41)35-22(25(39)40)16-7-6-8-19(16)34-20-13-15(9-10-17(20)24(33)38)37-21-14-28(4,5)12-11-18(21)23(36-37)29(30,31)32/h9-10,13,16,19,22,34H,6-8,11-12,14H2,1-5H3,(H2,33,38)(H,35,41)(H,39,40)/t16?,19?,22-/m0/s1. The van der Waals surface area contributed by atoms with E-state index in [2.05, 4.69) is 15.7 Å². The Morgan fingerprint density at radius 1 is 1.19 bits per heavy atom. The fourth-order valence-corrected chi connectivity index (χ4v) is 5.93. The van der Waals surface area contributed by atoms with Crippen molar-refractivity contribution in [1.29, 1.82) is 0 Å². The zero-order chi connectivity index (χ0) is 31.2. The van der Waals surface area contributed by atoms with Gasteiger partial charge in [0.25, 0.3) is 5.91 Å². The van der Waals surface area contributed by atoms with Crippen molar-refractivity contribution in [3.63, 3.8) is 0 Å². The quantitative estimate of drug-likeness (QED) is 0.351. The number of alkyl halides is 3. The molecule has 4 rings (SSSR count). The number of aliphatic carboxylic acids is 1. The number of nitrogens with two attached hydrogens (primary N) is 1. The van der Waals surface area contributed by atoms with Crippen LogP contribution in [0.2, 0.25) is 0 Å². The number of nitrogens with zero attached hydrogens (tertiary/aromatic N) is 2. The highest BCUT2D eigenvalue weighted by Gasteiger charge is 2.43. The smallest absolute Gasteiger partial charge is 0.435 e. The number of carboxylic acid groups (broad SMARTS) is 1. The zero-order valence-corrected chi connectivity index (χ0v) is 24.4. The highest BCUT2D eigenvalue weighted by Crippen LogP contribution is 2.42. The van der Waals surface area contributed by atoms with Gasteiger partial charge in [0, 0.05) is 28.9 Å². The largest absolute Gasteiger partial charge is 0.480 e. The molecule has 1 aromatic carbocycles. The summed E-state index contributed by atoms with van der Waals surface area (Å²) in [7, 11) is 0. The molecule has 0 bridgehead atoms. The molecule has 1 heterocycles. The zero-order valence-electron chi connectivity index (χ0n) is 24.4. The number of carbonyl (C=O) groups is 3. The maximum absolute atomic E-state index is 13.9. The molecule has 3 atom stereocenters. The van der Waals surface area contributed by atoms with Crippen LogP contribution in [0.5, 0.6) is 0 Å². The second kappa shape index (κ2) is 11.1. The van der Waals surface area contributed by atoms with Gasteiger partial charge >= 0.3 is 18.2 Å². The number of hydrogen-bond acceptors (Lipinski definition) is 6. The third kappa shape index (κ3) is 6.81. The van der Waals surface area contributed by atoms with Crippen LogP contribution in [0.1, 0.15) is 87.6 Å². The molecule has 0 radical (unpaired) electrons. The van der Waals surface area contributed by atoms with E-state index in [0.29, 0.717) is 43.5 Å². The van der Waals surface area contributed by atoms with Crippen LogP contribution in [0.25, 0.3) is 5.69 Å². The number of nitrogens with one attached hydrogen (secondary N) is 2. The van der Waals surface area contributed by atoms with Gasteiger partial charge in [0.15, 0.2) is 5.69 Å². The average molecular weight is 594 g/mol. The number of ether oxygens (including phenoxy) is 1. The maximum Gasteiger partial charge on any atom is 0.435 e. The first kappa shape index (κ1) is 31.2. The van der Waals surface area contributed by atoms with Crippen LogP contribution in [-0.4, -0.2) is 50.5 Å². The summed E-state index contributed by atoms with van der Waals surface area (Å²) in [6, 6.07) is 2.66. The first-order valence-electron chi connectivity index (χ1n) is 14.0. The Kier molecular flexibility index (Phi) is 8.27. The first-order valence-corrected chi connectivity index (χ1v) is 14.0. The Morgan fingerprint density at radius 2 is 1.88 bits per heavy atom. The van der Waals surface area contributed by atoms with Crippen LogP contribution in [0, 0.1) is 11.3 Å². The minimum atomic E-state index is -4.63. The van der Waals surface area contributed by atoms with Gasteiger partial charge < -0.3 is 26.2 Å². The molecule has 1 aromatic heterocycles. The topological polar surface area (TPSA) is 149 Å². The van der Waals surface area contributed by atoms with Gasteiger partial charge in [-0.15, -0.1) is 0 Å². The summed E-state index contributed by atoms with van der Waals surface area (Å²) in [6.45, 7) is 8.98. The first-order chi connectivity index (χ1) is 19.4. The van der Waals surface area contributed by atoms with E-state index >= 15 is 0 Å². The van der Waals surface area contributed by atoms with E-state index in [1.54, 1.807) is 20.8 Å². The van der Waals surface area contributed by atoms with Crippen molar-refractivity contribution in [2.24, 2.45) is 17.1 Å². The number of fused-ring (bicyclic) bond motifs is 1. The number of carbonyl (C=O) groups excluding carboxylic acids is 2. The van der Waals surface area contributed by atoms with Gasteiger partial charge in [0.1, 0.15) is 11.6 Å². The molecule has 0 spiro atoms. The average Bonchev–Trinajstić information content (AvgIpc) is 3.44. The minimum Gasteiger partial charge on any atom is -0.480 e. The Bertz CT molecular complexity index is 1380. The van der Waals surface area contributed by atoms with Gasteiger partial charge in [0.05, 0.1) is 11.3 Å². The number of amides is 2. The van der Waals surface area contributed by atoms with E-state index in [4.69, 9.17) is 10.5 Å². The molecule has 42 heavy (non-hydrogen) atoms. The number of halogens is 3. The molecule has 2 aliphatic rings. The highest BCUT2D eigenvalue weighted by atomic mass is 19.4. The van der Waals surface area contributed by atoms with E-state index in [1.807, 2.05) is 13.8 Å². The molecule has 2 amide bonds. The molecule has 13 heteroatoms. The van der Waals surface area contributed by atoms with E-state index in [-0.39, 0.29) is 28.7 Å². The van der Waals surface area contributed by atoms with Crippen molar-refractivity contribution in [2.45, 2.75) is 97.0 Å². The molecular weight excluding hydrogens is 555 g/mol. The second-order valence-electron chi connectivity index (χ2n) is 12.9. The van der Waals surface area contributed by atoms with Crippen LogP contribution < -0.4 is 16.4 Å². The third-order valence-electron chi connectivity index (χ3n) is 7.85. The van der Waals surface area contributed by atoms with Crippen LogP contribution >= 0.6 is 0 Å². The summed E-state index contributed by atoms with van der Waals surface area (Å²) < 4.78 is 48.4. The molecule has 0 saturated heterocycles. The Hall–Kier alpha value is -3.77. The van der Waals surface area contributed by atoms with Gasteiger partial charge in [-0.1, -0.05) is 20.3 Å². The van der Waals surface area contributed by atoms with Gasteiger partial charge in [-0.25, -0.2) is 14.3 Å². The number of anilines is 1. The van der Waals surface area contributed by atoms with Gasteiger partial charge in [-0.05, 0) is 76.5 Å². The highest BCUT2D eigenvalue weighted by molar-refractivity contribution is 5.99. The second-order valence-corrected chi connectivity index (χ2v) is 12.9. The van der Waals surface area contributed by atoms with Crippen LogP contribution in [-0.2, 0) is 28.5 Å². The normalized spacial score (nSPS) is 20.9. The molecule has 1 fully saturated rings. The van der Waals surface area contributed by atoms with Crippen molar-refractivity contribution in [3.05, 3.63) is 40.7 Å². The van der Waals surface area contributed by atoms with Crippen molar-refractivity contribution < 1.29 is 37.4 Å². The van der Waals surface area contributed by atoms with Crippen LogP contribution in [0.3, 0.4) is 0 Å². The minimum absolute atomic E-state index is 0.0915. The number of alkyl carbamates (subject to hydrolysis) is 1. The molecule has 0 aliphatic heterocycles. The van der Waals surface area contributed by atoms with Gasteiger partial charge in [-0.2, -0.15) is 18.3 Å². The summed E-state index contributed by atoms with van der Waals surface area (Å²) in [5.74, 6) is -2.58. The van der Waals surface area contributed by atoms with Crippen molar-refractivity contribution in [2.75, 3.05) is 5.32 Å². The third-order valence-corrected chi connectivity index (χ3v) is 7.85. The molecule has 1 saturated carbocycles. The Morgan fingerprint density at radius 3 is 2.48 bits per heavy atom. The molecule has 2 unspecified atom stereocenters. The summed E-state index contributed by atoms with van der Waals surface area (Å²) >= 11 is 0. The van der Waals surface area contributed by atoms with E-state index < -0.39 is 53.4 Å². The molecule has 2 aliphatic carbocycles. The predicted molar refractivity (Wildman–Crippen MR) is 148 cm³/mol. The summed E-state index contributed by atoms with van der Waals surface area (Å²) in [5.41, 5.74) is 4.93. The van der Waals surface area contributed by atoms with Crippen LogP contribution in [0.4, 0.5) is 23.7 Å². The van der Waals surface area contributed by atoms with Crippen LogP contribution in [0.15, 0.2) is 18.2 Å². The molecule has 5 N–H and O–H groups in total.